The Balaban J connectivity index is 1.45. The van der Waals surface area contributed by atoms with Crippen LogP contribution >= 0.6 is 11.8 Å². The molecule has 0 aliphatic rings. The van der Waals surface area contributed by atoms with Crippen molar-refractivity contribution in [1.82, 2.24) is 24.7 Å². The van der Waals surface area contributed by atoms with Crippen molar-refractivity contribution in [3.63, 3.8) is 0 Å². The number of aromatic nitrogens is 5. The van der Waals surface area contributed by atoms with Gasteiger partial charge in [-0.1, -0.05) is 30.0 Å². The lowest BCUT2D eigenvalue weighted by Gasteiger charge is -2.07. The fraction of sp³-hybridized carbons (Fsp3) is 0.200. The molecule has 0 unspecified atom stereocenters. The molecule has 3 aromatic heterocycles. The third-order valence-electron chi connectivity index (χ3n) is 4.65. The molecule has 4 rings (SSSR count). The van der Waals surface area contributed by atoms with Gasteiger partial charge in [-0.25, -0.2) is 9.36 Å². The number of nitrogens with one attached hydrogen (secondary N) is 1. The summed E-state index contributed by atoms with van der Waals surface area (Å²) >= 11 is 1.21. The maximum atomic E-state index is 12.6. The second kappa shape index (κ2) is 8.07. The summed E-state index contributed by atoms with van der Waals surface area (Å²) in [5, 5.41) is 16.1. The Kier molecular flexibility index (Phi) is 5.32. The van der Waals surface area contributed by atoms with Crippen LogP contribution in [0.4, 0.5) is 5.69 Å². The third-order valence-corrected chi connectivity index (χ3v) is 5.60. The Hall–Kier alpha value is -3.53. The molecule has 0 saturated carbocycles. The van der Waals surface area contributed by atoms with E-state index in [1.165, 1.54) is 16.4 Å². The summed E-state index contributed by atoms with van der Waals surface area (Å²) in [6, 6.07) is 11.6. The van der Waals surface area contributed by atoms with Crippen LogP contribution < -0.4 is 11.2 Å². The van der Waals surface area contributed by atoms with Gasteiger partial charge in [0, 0.05) is 0 Å². The first-order valence-electron chi connectivity index (χ1n) is 9.25. The molecule has 0 aliphatic carbocycles. The summed E-state index contributed by atoms with van der Waals surface area (Å²) in [5.74, 6) is 7.24. The fourth-order valence-corrected chi connectivity index (χ4v) is 3.78. The number of nitrogen functional groups attached to an aromatic ring is 1. The van der Waals surface area contributed by atoms with Crippen LogP contribution in [0.5, 0.6) is 0 Å². The number of furan rings is 1. The van der Waals surface area contributed by atoms with Crippen LogP contribution in [0.2, 0.25) is 0 Å². The molecule has 9 nitrogen and oxygen atoms in total. The molecule has 3 N–H and O–H groups in total. The van der Waals surface area contributed by atoms with Crippen LogP contribution in [0, 0.1) is 20.8 Å². The van der Waals surface area contributed by atoms with E-state index in [4.69, 9.17) is 10.3 Å². The number of benzene rings is 1. The molecule has 0 saturated heterocycles. The summed E-state index contributed by atoms with van der Waals surface area (Å²) in [6.45, 7) is 5.61. The van der Waals surface area contributed by atoms with E-state index >= 15 is 0 Å². The minimum atomic E-state index is -0.178. The lowest BCUT2D eigenvalue weighted by molar-refractivity contribution is -0.113. The summed E-state index contributed by atoms with van der Waals surface area (Å²) in [4.78, 5) is 12.6. The van der Waals surface area contributed by atoms with Gasteiger partial charge in [-0.2, -0.15) is 5.10 Å². The smallest absolute Gasteiger partial charge is 0.234 e. The number of amides is 1. The molecule has 0 bridgehead atoms. The maximum Gasteiger partial charge on any atom is 0.234 e. The van der Waals surface area contributed by atoms with Crippen LogP contribution in [0.1, 0.15) is 17.1 Å². The Morgan fingerprint density at radius 2 is 1.93 bits per heavy atom. The largest absolute Gasteiger partial charge is 0.469 e. The predicted octanol–water partition coefficient (Wildman–Crippen LogP) is 3.09. The fourth-order valence-electron chi connectivity index (χ4n) is 3.13. The van der Waals surface area contributed by atoms with Gasteiger partial charge in [0.15, 0.2) is 5.82 Å². The zero-order chi connectivity index (χ0) is 21.3. The molecule has 0 aliphatic heterocycles. The molecular formula is C20H21N7O2S. The standard InChI is InChI=1S/C20H21N7O2S/c1-12-18(13(2)27(25-12)15-7-5-4-6-8-15)22-17(28)11-30-20-24-23-19(26(20)21)16-9-10-29-14(16)3/h4-10H,11,21H2,1-3H3,(H,22,28). The monoisotopic (exact) mass is 423 g/mol. The summed E-state index contributed by atoms with van der Waals surface area (Å²) < 4.78 is 8.46. The quantitative estimate of drug-likeness (QED) is 0.361. The van der Waals surface area contributed by atoms with Crippen molar-refractivity contribution in [2.75, 3.05) is 16.9 Å². The number of rotatable bonds is 6. The van der Waals surface area contributed by atoms with E-state index in [0.717, 1.165) is 22.6 Å². The SMILES string of the molecule is Cc1nn(-c2ccccc2)c(C)c1NC(=O)CSc1nnc(-c2ccoc2C)n1N. The second-order valence-corrected chi connectivity index (χ2v) is 7.64. The van der Waals surface area contributed by atoms with E-state index in [0.29, 0.717) is 22.4 Å². The van der Waals surface area contributed by atoms with Crippen molar-refractivity contribution in [3.05, 3.63) is 59.8 Å². The van der Waals surface area contributed by atoms with E-state index in [9.17, 15) is 4.79 Å². The number of carbonyl (C=O) groups is 1. The number of nitrogens with zero attached hydrogens (tertiary/aromatic N) is 5. The number of thioether (sulfide) groups is 1. The lowest BCUT2D eigenvalue weighted by Crippen LogP contribution is -2.17. The van der Waals surface area contributed by atoms with Gasteiger partial charge in [0.25, 0.3) is 0 Å². The minimum Gasteiger partial charge on any atom is -0.469 e. The van der Waals surface area contributed by atoms with E-state index < -0.39 is 0 Å². The predicted molar refractivity (Wildman–Crippen MR) is 115 cm³/mol. The normalized spacial score (nSPS) is 11.0. The molecule has 3 heterocycles. The average molecular weight is 424 g/mol. The highest BCUT2D eigenvalue weighted by atomic mass is 32.2. The molecule has 1 aromatic carbocycles. The van der Waals surface area contributed by atoms with Gasteiger partial charge < -0.3 is 15.6 Å². The second-order valence-electron chi connectivity index (χ2n) is 6.70. The first-order chi connectivity index (χ1) is 14.5. The highest BCUT2D eigenvalue weighted by molar-refractivity contribution is 7.99. The summed E-state index contributed by atoms with van der Waals surface area (Å²) in [6.07, 6.45) is 1.57. The Bertz CT molecular complexity index is 1190. The van der Waals surface area contributed by atoms with Crippen molar-refractivity contribution in [2.24, 2.45) is 0 Å². The lowest BCUT2D eigenvalue weighted by atomic mass is 10.2. The Morgan fingerprint density at radius 3 is 2.63 bits per heavy atom. The number of aryl methyl sites for hydroxylation is 2. The topological polar surface area (TPSA) is 117 Å². The van der Waals surface area contributed by atoms with Gasteiger partial charge in [-0.05, 0) is 39.0 Å². The highest BCUT2D eigenvalue weighted by Gasteiger charge is 2.18. The van der Waals surface area contributed by atoms with Gasteiger partial charge in [0.05, 0.1) is 40.3 Å². The molecule has 0 fully saturated rings. The van der Waals surface area contributed by atoms with Gasteiger partial charge in [-0.15, -0.1) is 10.2 Å². The first-order valence-corrected chi connectivity index (χ1v) is 10.2. The summed E-state index contributed by atoms with van der Waals surface area (Å²) in [5.41, 5.74) is 4.01. The van der Waals surface area contributed by atoms with E-state index in [1.54, 1.807) is 12.3 Å². The van der Waals surface area contributed by atoms with Crippen molar-refractivity contribution in [3.8, 4) is 17.1 Å². The van der Waals surface area contributed by atoms with Gasteiger partial charge in [-0.3, -0.25) is 4.79 Å². The highest BCUT2D eigenvalue weighted by Crippen LogP contribution is 2.26. The number of anilines is 1. The van der Waals surface area contributed by atoms with E-state index in [1.807, 2.05) is 55.8 Å². The molecule has 4 aromatic rings. The molecule has 154 valence electrons. The van der Waals surface area contributed by atoms with Crippen molar-refractivity contribution < 1.29 is 9.21 Å². The molecule has 0 radical (unpaired) electrons. The Labute approximate surface area is 177 Å². The minimum absolute atomic E-state index is 0.134. The average Bonchev–Trinajstić information content (AvgIpc) is 3.40. The molecule has 30 heavy (non-hydrogen) atoms. The number of para-hydroxylation sites is 1. The first kappa shape index (κ1) is 19.8. The molecule has 0 atom stereocenters. The molecular weight excluding hydrogens is 402 g/mol. The maximum absolute atomic E-state index is 12.6. The zero-order valence-corrected chi connectivity index (χ0v) is 17.6. The van der Waals surface area contributed by atoms with Crippen molar-refractivity contribution in [1.29, 1.82) is 0 Å². The summed E-state index contributed by atoms with van der Waals surface area (Å²) in [7, 11) is 0. The number of hydrogen-bond acceptors (Lipinski definition) is 7. The molecule has 10 heteroatoms. The third kappa shape index (κ3) is 3.69. The van der Waals surface area contributed by atoms with Crippen LogP contribution in [0.25, 0.3) is 17.1 Å². The number of carbonyl (C=O) groups excluding carboxylic acids is 1. The molecule has 1 amide bonds. The van der Waals surface area contributed by atoms with Crippen LogP contribution in [0.3, 0.4) is 0 Å². The number of nitrogens with two attached hydrogens (primary N) is 1. The van der Waals surface area contributed by atoms with Crippen molar-refractivity contribution in [2.45, 2.75) is 25.9 Å². The van der Waals surface area contributed by atoms with Gasteiger partial charge in [0.1, 0.15) is 5.76 Å². The molecule has 0 spiro atoms. The van der Waals surface area contributed by atoms with Crippen molar-refractivity contribution >= 4 is 23.4 Å². The van der Waals surface area contributed by atoms with E-state index in [2.05, 4.69) is 20.6 Å². The Morgan fingerprint density at radius 1 is 1.17 bits per heavy atom. The van der Waals surface area contributed by atoms with Crippen LogP contribution in [-0.4, -0.2) is 36.3 Å². The number of hydrogen-bond donors (Lipinski definition) is 2. The van der Waals surface area contributed by atoms with Crippen LogP contribution in [0.15, 0.2) is 52.2 Å². The van der Waals surface area contributed by atoms with Gasteiger partial charge >= 0.3 is 0 Å². The van der Waals surface area contributed by atoms with Gasteiger partial charge in [0.2, 0.25) is 11.1 Å². The van der Waals surface area contributed by atoms with Crippen LogP contribution in [-0.2, 0) is 4.79 Å². The van der Waals surface area contributed by atoms with E-state index in [-0.39, 0.29) is 11.7 Å². The zero-order valence-electron chi connectivity index (χ0n) is 16.8.